The van der Waals surface area contributed by atoms with E-state index < -0.39 is 5.54 Å². The van der Waals surface area contributed by atoms with Crippen LogP contribution in [0.5, 0.6) is 0 Å². The molecule has 0 unspecified atom stereocenters. The maximum absolute atomic E-state index is 12.7. The largest absolute Gasteiger partial charge is 0.444 e. The number of carbonyl (C=O) groups excluding carboxylic acids is 1. The molecule has 23 heavy (non-hydrogen) atoms. The van der Waals surface area contributed by atoms with Crippen LogP contribution in [0.4, 0.5) is 0 Å². The van der Waals surface area contributed by atoms with E-state index in [0.717, 1.165) is 12.0 Å². The van der Waals surface area contributed by atoms with Crippen LogP contribution < -0.4 is 0 Å². The Balaban J connectivity index is 1.80. The Bertz CT molecular complexity index is 662. The zero-order valence-corrected chi connectivity index (χ0v) is 13.3. The minimum atomic E-state index is -0.410. The highest BCUT2D eigenvalue weighted by atomic mass is 16.5. The van der Waals surface area contributed by atoms with Gasteiger partial charge in [-0.1, -0.05) is 18.2 Å². The molecular formula is C17H20N2O4. The summed E-state index contributed by atoms with van der Waals surface area (Å²) in [5.74, 6) is 0.287. The number of aromatic nitrogens is 1. The van der Waals surface area contributed by atoms with Crippen LogP contribution in [-0.2, 0) is 9.47 Å². The van der Waals surface area contributed by atoms with E-state index in [2.05, 4.69) is 4.98 Å². The first kappa shape index (κ1) is 15.7. The van der Waals surface area contributed by atoms with Gasteiger partial charge in [0.2, 0.25) is 5.89 Å². The molecule has 3 rings (SSSR count). The lowest BCUT2D eigenvalue weighted by molar-refractivity contribution is -0.0817. The fraction of sp³-hybridized carbons (Fsp3) is 0.412. The minimum Gasteiger partial charge on any atom is -0.444 e. The third kappa shape index (κ3) is 2.87. The SMILES string of the molecule is COCC1(COC)CCN1C(=O)c1coc(-c2ccccc2)n1. The zero-order chi connectivity index (χ0) is 16.3. The Labute approximate surface area is 135 Å². The lowest BCUT2D eigenvalue weighted by Crippen LogP contribution is -2.66. The van der Waals surface area contributed by atoms with E-state index in [0.29, 0.717) is 31.3 Å². The molecule has 0 bridgehead atoms. The molecule has 1 fully saturated rings. The third-order valence-corrected chi connectivity index (χ3v) is 4.19. The van der Waals surface area contributed by atoms with Crippen molar-refractivity contribution < 1.29 is 18.7 Å². The lowest BCUT2D eigenvalue weighted by atomic mass is 9.85. The van der Waals surface area contributed by atoms with Crippen LogP contribution in [0.1, 0.15) is 16.9 Å². The monoisotopic (exact) mass is 316 g/mol. The standard InChI is InChI=1S/C17H20N2O4/c1-21-11-17(12-22-2)8-9-19(17)16(20)14-10-23-15(18-14)13-6-4-3-5-7-13/h3-7,10H,8-9,11-12H2,1-2H3. The van der Waals surface area contributed by atoms with Gasteiger partial charge < -0.3 is 18.8 Å². The second-order valence-electron chi connectivity index (χ2n) is 5.70. The van der Waals surface area contributed by atoms with Crippen LogP contribution in [0.15, 0.2) is 41.0 Å². The van der Waals surface area contributed by atoms with Crippen LogP contribution in [0.2, 0.25) is 0 Å². The van der Waals surface area contributed by atoms with Gasteiger partial charge in [-0.05, 0) is 18.6 Å². The molecule has 0 aliphatic carbocycles. The summed E-state index contributed by atoms with van der Waals surface area (Å²) in [4.78, 5) is 18.8. The highest BCUT2D eigenvalue weighted by Crippen LogP contribution is 2.33. The van der Waals surface area contributed by atoms with Gasteiger partial charge in [-0.15, -0.1) is 0 Å². The van der Waals surface area contributed by atoms with Gasteiger partial charge in [0, 0.05) is 26.3 Å². The maximum atomic E-state index is 12.7. The number of rotatable bonds is 6. The quantitative estimate of drug-likeness (QED) is 0.817. The molecule has 1 aliphatic rings. The van der Waals surface area contributed by atoms with E-state index in [9.17, 15) is 4.79 Å². The first-order valence-electron chi connectivity index (χ1n) is 7.51. The zero-order valence-electron chi connectivity index (χ0n) is 13.3. The predicted octanol–water partition coefficient (Wildman–Crippen LogP) is 2.22. The highest BCUT2D eigenvalue weighted by Gasteiger charge is 2.48. The molecule has 2 aromatic rings. The van der Waals surface area contributed by atoms with Crippen molar-refractivity contribution in [2.75, 3.05) is 34.0 Å². The van der Waals surface area contributed by atoms with Gasteiger partial charge >= 0.3 is 0 Å². The van der Waals surface area contributed by atoms with Gasteiger partial charge in [0.1, 0.15) is 6.26 Å². The molecule has 2 heterocycles. The summed E-state index contributed by atoms with van der Waals surface area (Å²) in [5, 5.41) is 0. The number of likely N-dealkylation sites (tertiary alicyclic amines) is 1. The molecule has 0 saturated carbocycles. The summed E-state index contributed by atoms with van der Waals surface area (Å²) in [7, 11) is 3.25. The van der Waals surface area contributed by atoms with E-state index in [1.165, 1.54) is 6.26 Å². The van der Waals surface area contributed by atoms with Crippen LogP contribution in [-0.4, -0.2) is 55.3 Å². The molecule has 1 aliphatic heterocycles. The smallest absolute Gasteiger partial charge is 0.276 e. The van der Waals surface area contributed by atoms with Gasteiger partial charge in [0.25, 0.3) is 5.91 Å². The van der Waals surface area contributed by atoms with Crippen molar-refractivity contribution in [2.24, 2.45) is 0 Å². The number of methoxy groups -OCH3 is 2. The van der Waals surface area contributed by atoms with Crippen molar-refractivity contribution in [3.8, 4) is 11.5 Å². The van der Waals surface area contributed by atoms with Crippen molar-refractivity contribution >= 4 is 5.91 Å². The van der Waals surface area contributed by atoms with Crippen molar-refractivity contribution in [3.05, 3.63) is 42.3 Å². The van der Waals surface area contributed by atoms with Crippen molar-refractivity contribution in [2.45, 2.75) is 12.0 Å². The van der Waals surface area contributed by atoms with Crippen LogP contribution in [0.3, 0.4) is 0 Å². The van der Waals surface area contributed by atoms with Crippen LogP contribution in [0, 0.1) is 0 Å². The Kier molecular flexibility index (Phi) is 4.45. The molecule has 6 nitrogen and oxygen atoms in total. The Hall–Kier alpha value is -2.18. The summed E-state index contributed by atoms with van der Waals surface area (Å²) >= 11 is 0. The second kappa shape index (κ2) is 6.52. The van der Waals surface area contributed by atoms with Gasteiger partial charge in [0.15, 0.2) is 5.69 Å². The molecule has 1 aromatic heterocycles. The molecule has 1 amide bonds. The molecule has 0 N–H and O–H groups in total. The fourth-order valence-corrected chi connectivity index (χ4v) is 2.96. The minimum absolute atomic E-state index is 0.156. The number of ether oxygens (including phenoxy) is 2. The van der Waals surface area contributed by atoms with Crippen molar-refractivity contribution in [3.63, 3.8) is 0 Å². The number of oxazole rings is 1. The number of hydrogen-bond donors (Lipinski definition) is 0. The highest BCUT2D eigenvalue weighted by molar-refractivity contribution is 5.93. The predicted molar refractivity (Wildman–Crippen MR) is 84.1 cm³/mol. The Morgan fingerprint density at radius 1 is 1.26 bits per heavy atom. The van der Waals surface area contributed by atoms with Gasteiger partial charge in [-0.25, -0.2) is 4.98 Å². The molecule has 0 atom stereocenters. The molecule has 0 spiro atoms. The molecule has 1 aromatic carbocycles. The van der Waals surface area contributed by atoms with E-state index in [1.807, 2.05) is 30.3 Å². The number of hydrogen-bond acceptors (Lipinski definition) is 5. The second-order valence-corrected chi connectivity index (χ2v) is 5.70. The molecule has 6 heteroatoms. The summed E-state index contributed by atoms with van der Waals surface area (Å²) in [6.07, 6.45) is 2.26. The van der Waals surface area contributed by atoms with E-state index in [-0.39, 0.29) is 5.91 Å². The first-order valence-corrected chi connectivity index (χ1v) is 7.51. The van der Waals surface area contributed by atoms with Gasteiger partial charge in [0.05, 0.1) is 18.8 Å². The first-order chi connectivity index (χ1) is 11.2. The molecular weight excluding hydrogens is 296 g/mol. The summed E-state index contributed by atoms with van der Waals surface area (Å²) in [5.41, 5.74) is 0.738. The normalized spacial score (nSPS) is 16.2. The average molecular weight is 316 g/mol. The van der Waals surface area contributed by atoms with E-state index >= 15 is 0 Å². The van der Waals surface area contributed by atoms with Crippen molar-refractivity contribution in [1.82, 2.24) is 9.88 Å². The summed E-state index contributed by atoms with van der Waals surface area (Å²) in [6, 6.07) is 9.51. The summed E-state index contributed by atoms with van der Waals surface area (Å²) < 4.78 is 16.0. The Morgan fingerprint density at radius 2 is 1.96 bits per heavy atom. The van der Waals surface area contributed by atoms with Crippen LogP contribution >= 0.6 is 0 Å². The molecule has 1 saturated heterocycles. The van der Waals surface area contributed by atoms with Gasteiger partial charge in [-0.3, -0.25) is 4.79 Å². The number of nitrogens with zero attached hydrogens (tertiary/aromatic N) is 2. The van der Waals surface area contributed by atoms with E-state index in [1.54, 1.807) is 19.1 Å². The topological polar surface area (TPSA) is 64.8 Å². The third-order valence-electron chi connectivity index (χ3n) is 4.19. The average Bonchev–Trinajstić information content (AvgIpc) is 3.04. The number of amides is 1. The van der Waals surface area contributed by atoms with E-state index in [4.69, 9.17) is 13.9 Å². The van der Waals surface area contributed by atoms with Crippen molar-refractivity contribution in [1.29, 1.82) is 0 Å². The maximum Gasteiger partial charge on any atom is 0.276 e. The number of carbonyl (C=O) groups is 1. The lowest BCUT2D eigenvalue weighted by Gasteiger charge is -2.51. The fourth-order valence-electron chi connectivity index (χ4n) is 2.96. The van der Waals surface area contributed by atoms with Gasteiger partial charge in [-0.2, -0.15) is 0 Å². The van der Waals surface area contributed by atoms with Crippen LogP contribution in [0.25, 0.3) is 11.5 Å². The molecule has 0 radical (unpaired) electrons. The Morgan fingerprint density at radius 3 is 2.52 bits per heavy atom. The summed E-state index contributed by atoms with van der Waals surface area (Å²) in [6.45, 7) is 1.55. The molecule has 122 valence electrons. The number of benzene rings is 1.